The van der Waals surface area contributed by atoms with Gasteiger partial charge in [-0.25, -0.2) is 8.78 Å². The lowest BCUT2D eigenvalue weighted by atomic mass is 9.72. The van der Waals surface area contributed by atoms with Crippen LogP contribution in [0.3, 0.4) is 0 Å². The summed E-state index contributed by atoms with van der Waals surface area (Å²) in [7, 11) is 0. The number of piperidine rings is 2. The number of anilines is 1. The maximum Gasteiger partial charge on any atom is 0.416 e. The summed E-state index contributed by atoms with van der Waals surface area (Å²) in [6, 6.07) is 7.39. The number of nitrogens with zero attached hydrogens (tertiary/aromatic N) is 2. The molecular weight excluding hydrogens is 517 g/mol. The number of aliphatic hydroxyl groups is 1. The molecule has 1 atom stereocenters. The van der Waals surface area contributed by atoms with E-state index in [1.54, 1.807) is 11.0 Å². The number of benzene rings is 2. The first-order valence-electron chi connectivity index (χ1n) is 13.3. The molecule has 2 aromatic carbocycles. The van der Waals surface area contributed by atoms with E-state index in [4.69, 9.17) is 0 Å². The van der Waals surface area contributed by atoms with Gasteiger partial charge in [0.1, 0.15) is 11.6 Å². The molecule has 2 fully saturated rings. The van der Waals surface area contributed by atoms with Gasteiger partial charge in [0.25, 0.3) is 0 Å². The summed E-state index contributed by atoms with van der Waals surface area (Å²) in [5.41, 5.74) is 0.0990. The van der Waals surface area contributed by atoms with Crippen LogP contribution in [-0.2, 0) is 16.4 Å². The Morgan fingerprint density at radius 3 is 2.38 bits per heavy atom. The third kappa shape index (κ3) is 5.96. The van der Waals surface area contributed by atoms with Gasteiger partial charge >= 0.3 is 6.18 Å². The molecule has 0 aliphatic carbocycles. The second kappa shape index (κ2) is 10.9. The fourth-order valence-corrected chi connectivity index (χ4v) is 6.31. The van der Waals surface area contributed by atoms with E-state index in [1.165, 1.54) is 18.2 Å². The molecule has 3 aliphatic heterocycles. The van der Waals surface area contributed by atoms with Gasteiger partial charge < -0.3 is 20.2 Å². The lowest BCUT2D eigenvalue weighted by Gasteiger charge is -2.42. The number of likely N-dealkylation sites (tertiary alicyclic amines) is 2. The molecule has 10 heteroatoms. The molecule has 0 aromatic heterocycles. The van der Waals surface area contributed by atoms with Crippen molar-refractivity contribution in [1.29, 1.82) is 0 Å². The van der Waals surface area contributed by atoms with Crippen molar-refractivity contribution in [1.82, 2.24) is 9.80 Å². The minimum absolute atomic E-state index is 0.0111. The summed E-state index contributed by atoms with van der Waals surface area (Å²) in [6.07, 6.45) is 0.105. The molecule has 3 heterocycles. The molecule has 210 valence electrons. The predicted octanol–water partition coefficient (Wildman–Crippen LogP) is 5.06. The molecule has 5 nitrogen and oxygen atoms in total. The smallest absolute Gasteiger partial charge is 0.392 e. The first kappa shape index (κ1) is 27.6. The summed E-state index contributed by atoms with van der Waals surface area (Å²) in [5, 5.41) is 14.1. The lowest BCUT2D eigenvalue weighted by molar-refractivity contribution is -0.138. The van der Waals surface area contributed by atoms with Gasteiger partial charge in [-0.1, -0.05) is 6.07 Å². The molecule has 2 N–H and O–H groups in total. The van der Waals surface area contributed by atoms with Crippen molar-refractivity contribution in [2.24, 2.45) is 5.92 Å². The van der Waals surface area contributed by atoms with Gasteiger partial charge in [-0.2, -0.15) is 13.2 Å². The second-order valence-corrected chi connectivity index (χ2v) is 10.9. The number of aliphatic hydroxyl groups excluding tert-OH is 1. The molecule has 5 rings (SSSR count). The quantitative estimate of drug-likeness (QED) is 0.405. The van der Waals surface area contributed by atoms with Crippen molar-refractivity contribution in [3.8, 4) is 0 Å². The Labute approximate surface area is 224 Å². The number of β-amino-alcohol motifs (C(OH)–C–C–N with tert-alkyl or cyclic N) is 1. The number of nitrogens with one attached hydrogen (secondary N) is 1. The highest BCUT2D eigenvalue weighted by Gasteiger charge is 2.47. The van der Waals surface area contributed by atoms with Gasteiger partial charge in [0, 0.05) is 49.4 Å². The summed E-state index contributed by atoms with van der Waals surface area (Å²) in [4.78, 5) is 16.3. The predicted molar refractivity (Wildman–Crippen MR) is 138 cm³/mol. The molecule has 0 saturated carbocycles. The van der Waals surface area contributed by atoms with Gasteiger partial charge in [0.2, 0.25) is 5.91 Å². The third-order valence-corrected chi connectivity index (χ3v) is 8.47. The van der Waals surface area contributed by atoms with Crippen LogP contribution in [0.2, 0.25) is 0 Å². The highest BCUT2D eigenvalue weighted by molar-refractivity contribution is 5.91. The topological polar surface area (TPSA) is 55.8 Å². The van der Waals surface area contributed by atoms with Crippen molar-refractivity contribution in [2.45, 2.75) is 43.4 Å². The Bertz CT molecular complexity index is 1210. The molecule has 2 aromatic rings. The van der Waals surface area contributed by atoms with Crippen LogP contribution in [0, 0.1) is 17.6 Å². The zero-order valence-corrected chi connectivity index (χ0v) is 21.5. The van der Waals surface area contributed by atoms with E-state index < -0.39 is 34.9 Å². The maximum atomic E-state index is 13.7. The number of hydrogen-bond donors (Lipinski definition) is 2. The number of carbonyl (C=O) groups excluding carboxylic acids is 1. The van der Waals surface area contributed by atoms with Crippen LogP contribution in [0.5, 0.6) is 0 Å². The largest absolute Gasteiger partial charge is 0.416 e. The first-order chi connectivity index (χ1) is 18.5. The van der Waals surface area contributed by atoms with Crippen molar-refractivity contribution < 1.29 is 31.9 Å². The molecule has 2 saturated heterocycles. The van der Waals surface area contributed by atoms with Crippen LogP contribution in [0.25, 0.3) is 6.08 Å². The fourth-order valence-electron chi connectivity index (χ4n) is 6.31. The van der Waals surface area contributed by atoms with Gasteiger partial charge in [0.05, 0.1) is 11.7 Å². The second-order valence-electron chi connectivity index (χ2n) is 10.9. The van der Waals surface area contributed by atoms with Gasteiger partial charge in [-0.05, 0) is 86.2 Å². The standard InChI is InChI=1S/C29H32F5N3O2/c30-21-14-19(15-22(31)16-21)4-5-26(39)37-10-6-20(7-11-37)25(38)17-36-12-8-28(9-13-36)18-35-24-3-1-2-23(27(24)28)29(32,33)34/h1-5,14-16,20,25,35,38H,6-13,17-18H2. The Balaban J connectivity index is 1.12. The molecule has 1 amide bonds. The van der Waals surface area contributed by atoms with Crippen LogP contribution >= 0.6 is 0 Å². The van der Waals surface area contributed by atoms with Crippen molar-refractivity contribution in [2.75, 3.05) is 44.6 Å². The third-order valence-electron chi connectivity index (χ3n) is 8.47. The van der Waals surface area contributed by atoms with E-state index >= 15 is 0 Å². The normalized spacial score (nSPS) is 20.8. The van der Waals surface area contributed by atoms with Crippen LogP contribution in [0.1, 0.15) is 42.4 Å². The summed E-state index contributed by atoms with van der Waals surface area (Å²) in [6.45, 7) is 3.07. The first-order valence-corrected chi connectivity index (χ1v) is 13.3. The van der Waals surface area contributed by atoms with Crippen LogP contribution in [0.15, 0.2) is 42.5 Å². The number of alkyl halides is 3. The van der Waals surface area contributed by atoms with E-state index in [9.17, 15) is 31.9 Å². The van der Waals surface area contributed by atoms with E-state index in [-0.39, 0.29) is 17.4 Å². The Morgan fingerprint density at radius 2 is 1.74 bits per heavy atom. The molecule has 0 radical (unpaired) electrons. The summed E-state index contributed by atoms with van der Waals surface area (Å²) >= 11 is 0. The van der Waals surface area contributed by atoms with Crippen molar-refractivity contribution in [3.63, 3.8) is 0 Å². The SMILES string of the molecule is O=C(C=Cc1cc(F)cc(F)c1)N1CCC(C(O)CN2CCC3(CC2)CNc2cccc(C(F)(F)F)c23)CC1. The number of halogens is 5. The number of carbonyl (C=O) groups is 1. The van der Waals surface area contributed by atoms with Crippen molar-refractivity contribution in [3.05, 3.63) is 70.8 Å². The molecule has 1 spiro atoms. The molecule has 39 heavy (non-hydrogen) atoms. The molecular formula is C29H32F5N3O2. The van der Waals surface area contributed by atoms with Crippen LogP contribution < -0.4 is 5.32 Å². The van der Waals surface area contributed by atoms with Crippen molar-refractivity contribution >= 4 is 17.7 Å². The Hall–Kier alpha value is -2.98. The number of amides is 1. The Morgan fingerprint density at radius 1 is 1.08 bits per heavy atom. The van der Waals surface area contributed by atoms with E-state index in [0.717, 1.165) is 24.3 Å². The van der Waals surface area contributed by atoms with E-state index in [1.807, 2.05) is 0 Å². The minimum Gasteiger partial charge on any atom is -0.392 e. The number of hydrogen-bond acceptors (Lipinski definition) is 4. The number of rotatable bonds is 5. The van der Waals surface area contributed by atoms with Gasteiger partial charge in [-0.15, -0.1) is 0 Å². The fraction of sp³-hybridized carbons (Fsp3) is 0.483. The monoisotopic (exact) mass is 549 g/mol. The summed E-state index contributed by atoms with van der Waals surface area (Å²) < 4.78 is 67.9. The lowest BCUT2D eigenvalue weighted by Crippen LogP contribution is -2.49. The summed E-state index contributed by atoms with van der Waals surface area (Å²) in [5.74, 6) is -1.66. The molecule has 1 unspecified atom stereocenters. The van der Waals surface area contributed by atoms with Crippen LogP contribution in [-0.4, -0.2) is 66.2 Å². The average molecular weight is 550 g/mol. The molecule has 0 bridgehead atoms. The molecule has 3 aliphatic rings. The van der Waals surface area contributed by atoms with Gasteiger partial charge in [-0.3, -0.25) is 4.79 Å². The van der Waals surface area contributed by atoms with E-state index in [2.05, 4.69) is 10.2 Å². The van der Waals surface area contributed by atoms with Crippen LogP contribution in [0.4, 0.5) is 27.6 Å². The minimum atomic E-state index is -4.40. The zero-order chi connectivity index (χ0) is 27.8. The van der Waals surface area contributed by atoms with Gasteiger partial charge in [0.15, 0.2) is 0 Å². The van der Waals surface area contributed by atoms with E-state index in [0.29, 0.717) is 76.2 Å². The Kier molecular flexibility index (Phi) is 7.70. The average Bonchev–Trinajstić information content (AvgIpc) is 3.26. The zero-order valence-electron chi connectivity index (χ0n) is 21.5. The number of fused-ring (bicyclic) bond motifs is 2. The highest BCUT2D eigenvalue weighted by Crippen LogP contribution is 2.49. The highest BCUT2D eigenvalue weighted by atomic mass is 19.4. The maximum absolute atomic E-state index is 13.7.